The van der Waals surface area contributed by atoms with Crippen molar-refractivity contribution in [3.8, 4) is 0 Å². The normalized spacial score (nSPS) is 11.4. The Kier molecular flexibility index (Phi) is 4.06. The molecule has 0 radical (unpaired) electrons. The van der Waals surface area contributed by atoms with Gasteiger partial charge in [-0.2, -0.15) is 0 Å². The number of aromatic nitrogens is 3. The maximum absolute atomic E-state index is 12.7. The molecular weight excluding hydrogens is 334 g/mol. The van der Waals surface area contributed by atoms with E-state index in [2.05, 4.69) is 11.5 Å². The highest BCUT2D eigenvalue weighted by atomic mass is 35.5. The molecule has 2 aromatic carbocycles. The third-order valence-corrected chi connectivity index (χ3v) is 4.77. The lowest BCUT2D eigenvalue weighted by Gasteiger charge is -2.08. The molecule has 0 saturated heterocycles. The van der Waals surface area contributed by atoms with E-state index in [1.807, 2.05) is 48.5 Å². The van der Waals surface area contributed by atoms with Crippen molar-refractivity contribution < 1.29 is 0 Å². The minimum absolute atomic E-state index is 0.0393. The molecule has 0 aliphatic heterocycles. The summed E-state index contributed by atoms with van der Waals surface area (Å²) in [6.07, 6.45) is 1.74. The maximum Gasteiger partial charge on any atom is 0.259 e. The van der Waals surface area contributed by atoms with E-state index in [-0.39, 0.29) is 5.56 Å². The van der Waals surface area contributed by atoms with E-state index in [1.165, 1.54) is 0 Å². The SMILES string of the molecule is CCCc1cc(=O)n2c3ccccc3n(Cc3ccccc3Cl)c2n1. The van der Waals surface area contributed by atoms with Gasteiger partial charge in [0.05, 0.1) is 17.6 Å². The summed E-state index contributed by atoms with van der Waals surface area (Å²) >= 11 is 6.35. The van der Waals surface area contributed by atoms with Gasteiger partial charge in [0.2, 0.25) is 5.78 Å². The minimum atomic E-state index is -0.0393. The van der Waals surface area contributed by atoms with Gasteiger partial charge in [-0.1, -0.05) is 55.3 Å². The van der Waals surface area contributed by atoms with Crippen LogP contribution in [0, 0.1) is 0 Å². The molecule has 4 aromatic rings. The van der Waals surface area contributed by atoms with Crippen LogP contribution in [0.15, 0.2) is 59.4 Å². The summed E-state index contributed by atoms with van der Waals surface area (Å²) in [5, 5.41) is 0.713. The van der Waals surface area contributed by atoms with E-state index < -0.39 is 0 Å². The quantitative estimate of drug-likeness (QED) is 0.549. The average molecular weight is 352 g/mol. The van der Waals surface area contributed by atoms with Crippen molar-refractivity contribution in [1.29, 1.82) is 0 Å². The second kappa shape index (κ2) is 6.37. The Balaban J connectivity index is 2.03. The van der Waals surface area contributed by atoms with Gasteiger partial charge in [-0.05, 0) is 30.2 Å². The van der Waals surface area contributed by atoms with Crippen LogP contribution in [0.25, 0.3) is 16.8 Å². The summed E-state index contributed by atoms with van der Waals surface area (Å²) in [5.41, 5.74) is 3.63. The Hall–Kier alpha value is -2.59. The van der Waals surface area contributed by atoms with Gasteiger partial charge in [-0.15, -0.1) is 0 Å². The molecule has 0 saturated carbocycles. The monoisotopic (exact) mass is 351 g/mol. The van der Waals surface area contributed by atoms with Crippen LogP contribution in [-0.2, 0) is 13.0 Å². The van der Waals surface area contributed by atoms with Crippen molar-refractivity contribution in [3.63, 3.8) is 0 Å². The third-order valence-electron chi connectivity index (χ3n) is 4.40. The summed E-state index contributed by atoms with van der Waals surface area (Å²) in [4.78, 5) is 17.5. The molecule has 0 atom stereocenters. The zero-order valence-corrected chi connectivity index (χ0v) is 14.7. The molecule has 2 heterocycles. The number of hydrogen-bond donors (Lipinski definition) is 0. The Bertz CT molecular complexity index is 1130. The molecule has 0 amide bonds. The molecule has 0 aliphatic carbocycles. The third kappa shape index (κ3) is 2.72. The number of benzene rings is 2. The second-order valence-corrected chi connectivity index (χ2v) is 6.54. The Labute approximate surface area is 150 Å². The lowest BCUT2D eigenvalue weighted by molar-refractivity contribution is 0.809. The fourth-order valence-corrected chi connectivity index (χ4v) is 3.45. The first-order valence-corrected chi connectivity index (χ1v) is 8.80. The van der Waals surface area contributed by atoms with Gasteiger partial charge >= 0.3 is 0 Å². The Morgan fingerprint density at radius 2 is 1.76 bits per heavy atom. The standard InChI is InChI=1S/C20H18ClN3O/c1-2-7-15-12-19(25)24-18-11-6-5-10-17(18)23(20(24)22-15)13-14-8-3-4-9-16(14)21/h3-6,8-12H,2,7,13H2,1H3. The molecule has 0 unspecified atom stereocenters. The van der Waals surface area contributed by atoms with Gasteiger partial charge in [-0.3, -0.25) is 4.79 Å². The van der Waals surface area contributed by atoms with Crippen molar-refractivity contribution in [3.05, 3.63) is 81.2 Å². The van der Waals surface area contributed by atoms with Crippen LogP contribution in [0.4, 0.5) is 0 Å². The smallest absolute Gasteiger partial charge is 0.259 e. The first-order valence-electron chi connectivity index (χ1n) is 8.42. The summed E-state index contributed by atoms with van der Waals surface area (Å²) in [6.45, 7) is 2.65. The van der Waals surface area contributed by atoms with Crippen LogP contribution in [0.2, 0.25) is 5.02 Å². The molecule has 0 fully saturated rings. The Morgan fingerprint density at radius 3 is 2.52 bits per heavy atom. The van der Waals surface area contributed by atoms with E-state index in [4.69, 9.17) is 16.6 Å². The van der Waals surface area contributed by atoms with E-state index in [0.29, 0.717) is 17.3 Å². The molecule has 126 valence electrons. The predicted molar refractivity (Wildman–Crippen MR) is 102 cm³/mol. The molecule has 2 aromatic heterocycles. The maximum atomic E-state index is 12.7. The minimum Gasteiger partial charge on any atom is -0.305 e. The van der Waals surface area contributed by atoms with Gasteiger partial charge in [0.25, 0.3) is 5.56 Å². The van der Waals surface area contributed by atoms with Crippen molar-refractivity contribution in [2.24, 2.45) is 0 Å². The molecule has 0 spiro atoms. The molecule has 0 bridgehead atoms. The van der Waals surface area contributed by atoms with E-state index in [0.717, 1.165) is 35.1 Å². The summed E-state index contributed by atoms with van der Waals surface area (Å²) in [5.74, 6) is 0.664. The van der Waals surface area contributed by atoms with Gasteiger partial charge in [0, 0.05) is 16.8 Å². The van der Waals surface area contributed by atoms with E-state index in [9.17, 15) is 4.79 Å². The Morgan fingerprint density at radius 1 is 1.04 bits per heavy atom. The van der Waals surface area contributed by atoms with Gasteiger partial charge in [0.15, 0.2) is 0 Å². The first kappa shape index (κ1) is 15.9. The zero-order valence-electron chi connectivity index (χ0n) is 13.9. The van der Waals surface area contributed by atoms with Crippen LogP contribution in [0.5, 0.6) is 0 Å². The van der Waals surface area contributed by atoms with Crippen LogP contribution in [-0.4, -0.2) is 14.0 Å². The van der Waals surface area contributed by atoms with Crippen LogP contribution in [0.3, 0.4) is 0 Å². The van der Waals surface area contributed by atoms with E-state index in [1.54, 1.807) is 10.5 Å². The average Bonchev–Trinajstić information content (AvgIpc) is 2.92. The lowest BCUT2D eigenvalue weighted by Crippen LogP contribution is -2.16. The number of aryl methyl sites for hydroxylation is 1. The van der Waals surface area contributed by atoms with Crippen molar-refractivity contribution in [1.82, 2.24) is 14.0 Å². The van der Waals surface area contributed by atoms with Gasteiger partial charge in [-0.25, -0.2) is 9.38 Å². The highest BCUT2D eigenvalue weighted by Gasteiger charge is 2.15. The number of imidazole rings is 1. The predicted octanol–water partition coefficient (Wildman–Crippen LogP) is 4.30. The fraction of sp³-hybridized carbons (Fsp3) is 0.200. The lowest BCUT2D eigenvalue weighted by atomic mass is 10.2. The highest BCUT2D eigenvalue weighted by Crippen LogP contribution is 2.23. The number of rotatable bonds is 4. The second-order valence-electron chi connectivity index (χ2n) is 6.14. The van der Waals surface area contributed by atoms with Crippen molar-refractivity contribution >= 4 is 28.4 Å². The van der Waals surface area contributed by atoms with Crippen molar-refractivity contribution in [2.75, 3.05) is 0 Å². The number of halogens is 1. The summed E-state index contributed by atoms with van der Waals surface area (Å²) in [6, 6.07) is 17.3. The molecular formula is C20H18ClN3O. The van der Waals surface area contributed by atoms with Crippen LogP contribution in [0.1, 0.15) is 24.6 Å². The van der Waals surface area contributed by atoms with Crippen LogP contribution < -0.4 is 5.56 Å². The topological polar surface area (TPSA) is 39.3 Å². The fourth-order valence-electron chi connectivity index (χ4n) is 3.25. The van der Waals surface area contributed by atoms with Crippen molar-refractivity contribution in [2.45, 2.75) is 26.3 Å². The summed E-state index contributed by atoms with van der Waals surface area (Å²) in [7, 11) is 0. The highest BCUT2D eigenvalue weighted by molar-refractivity contribution is 6.31. The van der Waals surface area contributed by atoms with Gasteiger partial charge < -0.3 is 4.57 Å². The van der Waals surface area contributed by atoms with Gasteiger partial charge in [0.1, 0.15) is 0 Å². The first-order chi connectivity index (χ1) is 12.2. The van der Waals surface area contributed by atoms with E-state index >= 15 is 0 Å². The molecule has 0 aliphatic rings. The molecule has 0 N–H and O–H groups in total. The zero-order chi connectivity index (χ0) is 17.4. The number of fused-ring (bicyclic) bond motifs is 3. The number of hydrogen-bond acceptors (Lipinski definition) is 2. The number of para-hydroxylation sites is 2. The summed E-state index contributed by atoms with van der Waals surface area (Å²) < 4.78 is 3.75. The molecule has 25 heavy (non-hydrogen) atoms. The molecule has 4 rings (SSSR count). The molecule has 4 nitrogen and oxygen atoms in total. The number of nitrogens with zero attached hydrogens (tertiary/aromatic N) is 3. The largest absolute Gasteiger partial charge is 0.305 e. The molecule has 5 heteroatoms. The van der Waals surface area contributed by atoms with Crippen LogP contribution >= 0.6 is 11.6 Å².